The highest BCUT2D eigenvalue weighted by Gasteiger charge is 2.30. The van der Waals surface area contributed by atoms with Crippen molar-refractivity contribution >= 4 is 5.69 Å². The molecule has 3 nitrogen and oxygen atoms in total. The van der Waals surface area contributed by atoms with E-state index >= 15 is 0 Å². The summed E-state index contributed by atoms with van der Waals surface area (Å²) in [5.41, 5.74) is 0.597. The van der Waals surface area contributed by atoms with Crippen molar-refractivity contribution in [2.24, 2.45) is 5.84 Å². The Hall–Kier alpha value is -1.43. The lowest BCUT2D eigenvalue weighted by atomic mass is 10.3. The second-order valence-corrected chi connectivity index (χ2v) is 2.65. The summed E-state index contributed by atoms with van der Waals surface area (Å²) in [6.45, 7) is 0. The van der Waals surface area contributed by atoms with E-state index in [-0.39, 0.29) is 5.75 Å². The molecule has 0 fully saturated rings. The minimum atomic E-state index is -4.66. The molecule has 1 rings (SSSR count). The smallest absolute Gasteiger partial charge is 0.406 e. The molecule has 0 saturated heterocycles. The average molecular weight is 206 g/mol. The maximum absolute atomic E-state index is 11.7. The summed E-state index contributed by atoms with van der Waals surface area (Å²) in [7, 11) is 1.58. The number of nitrogens with zero attached hydrogens (tertiary/aromatic N) is 1. The molecule has 0 aliphatic heterocycles. The van der Waals surface area contributed by atoms with Crippen molar-refractivity contribution in [3.05, 3.63) is 24.3 Å². The van der Waals surface area contributed by atoms with E-state index in [1.54, 1.807) is 7.05 Å². The number of hydrogen-bond donors (Lipinski definition) is 1. The van der Waals surface area contributed by atoms with Crippen molar-refractivity contribution in [3.8, 4) is 5.75 Å². The van der Waals surface area contributed by atoms with Crippen LogP contribution < -0.4 is 15.6 Å². The summed E-state index contributed by atoms with van der Waals surface area (Å²) < 4.78 is 38.9. The number of rotatable bonds is 2. The van der Waals surface area contributed by atoms with Crippen LogP contribution in [-0.2, 0) is 0 Å². The van der Waals surface area contributed by atoms with Gasteiger partial charge in [0.1, 0.15) is 5.75 Å². The Morgan fingerprint density at radius 3 is 2.07 bits per heavy atom. The summed E-state index contributed by atoms with van der Waals surface area (Å²) in [5, 5.41) is 1.29. The van der Waals surface area contributed by atoms with Crippen LogP contribution >= 0.6 is 0 Å². The zero-order chi connectivity index (χ0) is 10.8. The number of alkyl halides is 3. The first-order chi connectivity index (χ1) is 6.38. The lowest BCUT2D eigenvalue weighted by Crippen LogP contribution is -2.24. The summed E-state index contributed by atoms with van der Waals surface area (Å²) in [6.07, 6.45) is -4.66. The SMILES string of the molecule is CN(N)c1ccc(OC(F)(F)F)cc1. The first kappa shape index (κ1) is 10.6. The maximum atomic E-state index is 11.7. The van der Waals surface area contributed by atoms with Crippen LogP contribution in [-0.4, -0.2) is 13.4 Å². The lowest BCUT2D eigenvalue weighted by Gasteiger charge is -2.13. The molecule has 0 saturated carbocycles. The zero-order valence-corrected chi connectivity index (χ0v) is 7.38. The molecule has 0 amide bonds. The minimum absolute atomic E-state index is 0.261. The quantitative estimate of drug-likeness (QED) is 0.593. The van der Waals surface area contributed by atoms with Gasteiger partial charge in [-0.1, -0.05) is 0 Å². The number of hydrogen-bond acceptors (Lipinski definition) is 3. The fourth-order valence-corrected chi connectivity index (χ4v) is 0.883. The molecule has 0 aliphatic carbocycles. The third-order valence-corrected chi connectivity index (χ3v) is 1.48. The van der Waals surface area contributed by atoms with Crippen molar-refractivity contribution in [2.45, 2.75) is 6.36 Å². The van der Waals surface area contributed by atoms with Gasteiger partial charge in [-0.2, -0.15) is 0 Å². The third kappa shape index (κ3) is 3.14. The van der Waals surface area contributed by atoms with Gasteiger partial charge in [0.25, 0.3) is 0 Å². The molecule has 0 heterocycles. The molecular weight excluding hydrogens is 197 g/mol. The van der Waals surface area contributed by atoms with E-state index in [2.05, 4.69) is 4.74 Å². The van der Waals surface area contributed by atoms with E-state index in [4.69, 9.17) is 5.84 Å². The van der Waals surface area contributed by atoms with E-state index in [1.807, 2.05) is 0 Å². The lowest BCUT2D eigenvalue weighted by molar-refractivity contribution is -0.274. The Kier molecular flexibility index (Phi) is 2.85. The monoisotopic (exact) mass is 206 g/mol. The number of benzene rings is 1. The molecule has 14 heavy (non-hydrogen) atoms. The molecule has 1 aromatic rings. The van der Waals surface area contributed by atoms with E-state index in [9.17, 15) is 13.2 Å². The van der Waals surface area contributed by atoms with Crippen LogP contribution in [0.15, 0.2) is 24.3 Å². The van der Waals surface area contributed by atoms with Gasteiger partial charge in [-0.05, 0) is 24.3 Å². The van der Waals surface area contributed by atoms with Gasteiger partial charge in [0.2, 0.25) is 0 Å². The number of ether oxygens (including phenoxy) is 1. The van der Waals surface area contributed by atoms with Crippen LogP contribution in [0.25, 0.3) is 0 Å². The average Bonchev–Trinajstić information content (AvgIpc) is 2.02. The van der Waals surface area contributed by atoms with Gasteiger partial charge >= 0.3 is 6.36 Å². The first-order valence-corrected chi connectivity index (χ1v) is 3.73. The molecule has 0 aliphatic rings. The molecule has 78 valence electrons. The van der Waals surface area contributed by atoms with Crippen molar-refractivity contribution in [2.75, 3.05) is 12.1 Å². The molecule has 1 aromatic carbocycles. The van der Waals surface area contributed by atoms with Crippen LogP contribution in [0.3, 0.4) is 0 Å². The van der Waals surface area contributed by atoms with Gasteiger partial charge in [0.05, 0.1) is 5.69 Å². The summed E-state index contributed by atoms with van der Waals surface area (Å²) >= 11 is 0. The zero-order valence-electron chi connectivity index (χ0n) is 7.38. The molecular formula is C8H9F3N2O. The van der Waals surface area contributed by atoms with Crippen molar-refractivity contribution in [3.63, 3.8) is 0 Å². The third-order valence-electron chi connectivity index (χ3n) is 1.48. The standard InChI is InChI=1S/C8H9F3N2O/c1-13(12)6-2-4-7(5-3-6)14-8(9,10)11/h2-5H,12H2,1H3. The molecule has 2 N–H and O–H groups in total. The van der Waals surface area contributed by atoms with Crippen molar-refractivity contribution in [1.82, 2.24) is 0 Å². The molecule has 0 bridgehead atoms. The Bertz CT molecular complexity index is 294. The van der Waals surface area contributed by atoms with Gasteiger partial charge in [-0.3, -0.25) is 0 Å². The Morgan fingerprint density at radius 2 is 1.71 bits per heavy atom. The normalized spacial score (nSPS) is 11.2. The molecule has 0 radical (unpaired) electrons. The van der Waals surface area contributed by atoms with Crippen LogP contribution in [0.5, 0.6) is 5.75 Å². The van der Waals surface area contributed by atoms with Crippen molar-refractivity contribution in [1.29, 1.82) is 0 Å². The van der Waals surface area contributed by atoms with E-state index in [0.29, 0.717) is 5.69 Å². The van der Waals surface area contributed by atoms with Gasteiger partial charge in [0.15, 0.2) is 0 Å². The second kappa shape index (κ2) is 3.75. The van der Waals surface area contributed by atoms with Crippen LogP contribution in [0.1, 0.15) is 0 Å². The molecule has 0 unspecified atom stereocenters. The summed E-state index contributed by atoms with van der Waals surface area (Å²) in [6, 6.07) is 5.26. The van der Waals surface area contributed by atoms with Gasteiger partial charge in [-0.15, -0.1) is 13.2 Å². The minimum Gasteiger partial charge on any atom is -0.406 e. The predicted octanol–water partition coefficient (Wildman–Crippen LogP) is 1.90. The summed E-state index contributed by atoms with van der Waals surface area (Å²) in [4.78, 5) is 0. The molecule has 0 spiro atoms. The number of hydrazine groups is 1. The van der Waals surface area contributed by atoms with Crippen LogP contribution in [0.2, 0.25) is 0 Å². The fourth-order valence-electron chi connectivity index (χ4n) is 0.883. The van der Waals surface area contributed by atoms with Gasteiger partial charge in [0, 0.05) is 7.05 Å². The number of nitrogens with two attached hydrogens (primary N) is 1. The second-order valence-electron chi connectivity index (χ2n) is 2.65. The molecule has 0 aromatic heterocycles. The van der Waals surface area contributed by atoms with Gasteiger partial charge < -0.3 is 9.75 Å². The Labute approximate surface area is 78.8 Å². The highest BCUT2D eigenvalue weighted by atomic mass is 19.4. The van der Waals surface area contributed by atoms with E-state index in [1.165, 1.54) is 29.3 Å². The highest BCUT2D eigenvalue weighted by Crippen LogP contribution is 2.24. The molecule has 6 heteroatoms. The Balaban J connectivity index is 2.74. The number of halogens is 3. The fraction of sp³-hybridized carbons (Fsp3) is 0.250. The predicted molar refractivity (Wildman–Crippen MR) is 45.7 cm³/mol. The van der Waals surface area contributed by atoms with Crippen LogP contribution in [0, 0.1) is 0 Å². The number of anilines is 1. The maximum Gasteiger partial charge on any atom is 0.573 e. The molecule has 0 atom stereocenters. The first-order valence-electron chi connectivity index (χ1n) is 3.73. The largest absolute Gasteiger partial charge is 0.573 e. The Morgan fingerprint density at radius 1 is 1.21 bits per heavy atom. The van der Waals surface area contributed by atoms with E-state index < -0.39 is 6.36 Å². The van der Waals surface area contributed by atoms with Crippen LogP contribution in [0.4, 0.5) is 18.9 Å². The highest BCUT2D eigenvalue weighted by molar-refractivity contribution is 5.46. The van der Waals surface area contributed by atoms with Gasteiger partial charge in [-0.25, -0.2) is 5.84 Å². The summed E-state index contributed by atoms with van der Waals surface area (Å²) in [5.74, 6) is 5.10. The van der Waals surface area contributed by atoms with E-state index in [0.717, 1.165) is 0 Å². The topological polar surface area (TPSA) is 38.5 Å². The van der Waals surface area contributed by atoms with Crippen molar-refractivity contribution < 1.29 is 17.9 Å².